The van der Waals surface area contributed by atoms with Crippen molar-refractivity contribution < 1.29 is 33.3 Å². The Morgan fingerprint density at radius 3 is 2.25 bits per heavy atom. The summed E-state index contributed by atoms with van der Waals surface area (Å²) in [6.07, 6.45) is 1.19. The maximum atomic E-state index is 13.2. The molecule has 3 rings (SSSR count). The minimum absolute atomic E-state index is 0.117. The van der Waals surface area contributed by atoms with E-state index >= 15 is 0 Å². The summed E-state index contributed by atoms with van der Waals surface area (Å²) < 4.78 is 21.6. The van der Waals surface area contributed by atoms with Crippen molar-refractivity contribution in [3.8, 4) is 17.6 Å². The average molecular weight is 562 g/mol. The van der Waals surface area contributed by atoms with Gasteiger partial charge in [0, 0.05) is 11.3 Å². The van der Waals surface area contributed by atoms with Gasteiger partial charge in [0.05, 0.1) is 31.5 Å². The molecule has 0 amide bonds. The van der Waals surface area contributed by atoms with Crippen LogP contribution in [0.1, 0.15) is 61.0 Å². The summed E-state index contributed by atoms with van der Waals surface area (Å²) in [5.74, 6) is -0.763. The van der Waals surface area contributed by atoms with E-state index in [1.54, 1.807) is 39.0 Å². The number of ether oxygens (including phenoxy) is 4. The van der Waals surface area contributed by atoms with Gasteiger partial charge in [0.15, 0.2) is 17.3 Å². The van der Waals surface area contributed by atoms with Crippen LogP contribution in [0.2, 0.25) is 0 Å². The van der Waals surface area contributed by atoms with Crippen LogP contribution in [0.25, 0.3) is 6.08 Å². The molecule has 0 unspecified atom stereocenters. The second-order valence-electron chi connectivity index (χ2n) is 8.75. The van der Waals surface area contributed by atoms with Crippen molar-refractivity contribution in [1.82, 2.24) is 0 Å². The van der Waals surface area contributed by atoms with Crippen LogP contribution in [-0.2, 0) is 27.3 Å². The molecule has 0 aliphatic rings. The molecule has 0 spiro atoms. The van der Waals surface area contributed by atoms with E-state index in [0.29, 0.717) is 34.1 Å². The maximum Gasteiger partial charge on any atom is 0.348 e. The minimum atomic E-state index is -0.636. The lowest BCUT2D eigenvalue weighted by Gasteiger charge is -2.12. The van der Waals surface area contributed by atoms with Gasteiger partial charge in [0.25, 0.3) is 0 Å². The minimum Gasteiger partial charge on any atom is -0.493 e. The van der Waals surface area contributed by atoms with E-state index in [1.165, 1.54) is 13.2 Å². The molecule has 0 aliphatic heterocycles. The van der Waals surface area contributed by atoms with Crippen LogP contribution in [0.15, 0.2) is 48.0 Å². The molecular weight excluding hydrogens is 530 g/mol. The van der Waals surface area contributed by atoms with Gasteiger partial charge in [0.1, 0.15) is 17.6 Å². The number of nitriles is 1. The largest absolute Gasteiger partial charge is 0.493 e. The van der Waals surface area contributed by atoms with Crippen LogP contribution in [0, 0.1) is 25.2 Å². The third kappa shape index (κ3) is 7.36. The number of nitrogens with zero attached hydrogens (tertiary/aromatic N) is 1. The summed E-state index contributed by atoms with van der Waals surface area (Å²) in [6, 6.07) is 15.0. The van der Waals surface area contributed by atoms with E-state index in [0.717, 1.165) is 22.5 Å². The van der Waals surface area contributed by atoms with Crippen LogP contribution < -0.4 is 9.47 Å². The number of methoxy groups -OCH3 is 1. The fourth-order valence-corrected chi connectivity index (χ4v) is 5.07. The van der Waals surface area contributed by atoms with Crippen LogP contribution in [0.5, 0.6) is 11.5 Å². The first-order chi connectivity index (χ1) is 19.2. The van der Waals surface area contributed by atoms with E-state index in [2.05, 4.69) is 0 Å². The van der Waals surface area contributed by atoms with Gasteiger partial charge in [-0.1, -0.05) is 35.9 Å². The number of aryl methyl sites for hydroxylation is 1. The number of allylic oxidation sites excluding steroid dienone is 1. The molecule has 0 radical (unpaired) electrons. The zero-order chi connectivity index (χ0) is 29.2. The third-order valence-corrected chi connectivity index (χ3v) is 7.19. The molecule has 0 aliphatic carbocycles. The van der Waals surface area contributed by atoms with Crippen molar-refractivity contribution in [3.63, 3.8) is 0 Å². The number of carbonyl (C=O) groups excluding carboxylic acids is 3. The molecule has 0 fully saturated rings. The van der Waals surface area contributed by atoms with Gasteiger partial charge >= 0.3 is 11.9 Å². The van der Waals surface area contributed by atoms with E-state index in [-0.39, 0.29) is 35.6 Å². The lowest BCUT2D eigenvalue weighted by molar-refractivity contribution is -0.114. The normalized spacial score (nSPS) is 10.9. The second kappa shape index (κ2) is 14.1. The molecule has 0 N–H and O–H groups in total. The summed E-state index contributed by atoms with van der Waals surface area (Å²) in [6.45, 7) is 7.62. The first-order valence-corrected chi connectivity index (χ1v) is 13.5. The Hall–Kier alpha value is -4.42. The molecule has 3 aromatic rings. The summed E-state index contributed by atoms with van der Waals surface area (Å²) in [5.41, 5.74) is 3.14. The number of Topliss-reactive ketones (excluding diaryl/α,β-unsaturated/α-hetero) is 1. The third-order valence-electron chi connectivity index (χ3n) is 5.92. The van der Waals surface area contributed by atoms with E-state index < -0.39 is 17.7 Å². The van der Waals surface area contributed by atoms with Crippen molar-refractivity contribution in [2.45, 2.75) is 40.7 Å². The number of esters is 2. The average Bonchev–Trinajstić information content (AvgIpc) is 3.27. The number of carbonyl (C=O) groups is 3. The van der Waals surface area contributed by atoms with Crippen LogP contribution >= 0.6 is 11.3 Å². The van der Waals surface area contributed by atoms with Crippen LogP contribution in [0.3, 0.4) is 0 Å². The standard InChI is InChI=1S/C31H31NO7S/c1-6-37-30(34)28-20(4)29(31(35)38-7-2)40-27(28)16-24(33)23(17-32)14-22-12-13-25(26(15-22)36-5)39-18-21-10-8-19(3)9-11-21/h8-15H,6-7,16,18H2,1-5H3/b23-14+. The molecule has 8 nitrogen and oxygen atoms in total. The van der Waals surface area contributed by atoms with Gasteiger partial charge < -0.3 is 18.9 Å². The molecule has 2 aromatic carbocycles. The Balaban J connectivity index is 1.85. The van der Waals surface area contributed by atoms with Crippen molar-refractivity contribution in [3.05, 3.63) is 85.6 Å². The summed E-state index contributed by atoms with van der Waals surface area (Å²) >= 11 is 0.994. The zero-order valence-corrected chi connectivity index (χ0v) is 24.0. The van der Waals surface area contributed by atoms with Gasteiger partial charge in [-0.2, -0.15) is 5.26 Å². The van der Waals surface area contributed by atoms with Gasteiger partial charge in [-0.3, -0.25) is 4.79 Å². The molecule has 0 saturated carbocycles. The number of ketones is 1. The maximum absolute atomic E-state index is 13.2. The number of hydrogen-bond acceptors (Lipinski definition) is 9. The SMILES string of the molecule is CCOC(=O)c1sc(CC(=O)/C(C#N)=C/c2ccc(OCc3ccc(C)cc3)c(OC)c2)c(C(=O)OCC)c1C. The molecular formula is C31H31NO7S. The van der Waals surface area contributed by atoms with Crippen molar-refractivity contribution in [2.24, 2.45) is 0 Å². The molecule has 0 atom stereocenters. The Morgan fingerprint density at radius 2 is 1.62 bits per heavy atom. The number of rotatable bonds is 12. The summed E-state index contributed by atoms with van der Waals surface area (Å²) in [4.78, 5) is 38.8. The molecule has 40 heavy (non-hydrogen) atoms. The molecule has 1 aromatic heterocycles. The van der Waals surface area contributed by atoms with Crippen molar-refractivity contribution in [2.75, 3.05) is 20.3 Å². The van der Waals surface area contributed by atoms with Gasteiger partial charge in [0.2, 0.25) is 0 Å². The van der Waals surface area contributed by atoms with Crippen molar-refractivity contribution >= 4 is 35.1 Å². The Kier molecular flexibility index (Phi) is 10.6. The van der Waals surface area contributed by atoms with Crippen LogP contribution in [-0.4, -0.2) is 38.0 Å². The lowest BCUT2D eigenvalue weighted by atomic mass is 10.0. The zero-order valence-electron chi connectivity index (χ0n) is 23.2. The molecule has 1 heterocycles. The van der Waals surface area contributed by atoms with Gasteiger partial charge in [-0.05, 0) is 62.6 Å². The second-order valence-corrected chi connectivity index (χ2v) is 9.85. The highest BCUT2D eigenvalue weighted by Crippen LogP contribution is 2.32. The highest BCUT2D eigenvalue weighted by Gasteiger charge is 2.28. The van der Waals surface area contributed by atoms with Crippen LogP contribution in [0.4, 0.5) is 0 Å². The number of thiophene rings is 1. The quantitative estimate of drug-likeness (QED) is 0.150. The predicted octanol–water partition coefficient (Wildman–Crippen LogP) is 6.02. The topological polar surface area (TPSA) is 112 Å². The number of hydrogen-bond donors (Lipinski definition) is 0. The first-order valence-electron chi connectivity index (χ1n) is 12.7. The first kappa shape index (κ1) is 30.1. The number of benzene rings is 2. The van der Waals surface area contributed by atoms with Gasteiger partial charge in [-0.25, -0.2) is 9.59 Å². The summed E-state index contributed by atoms with van der Waals surface area (Å²) in [7, 11) is 1.51. The molecule has 9 heteroatoms. The highest BCUT2D eigenvalue weighted by atomic mass is 32.1. The Morgan fingerprint density at radius 1 is 0.950 bits per heavy atom. The van der Waals surface area contributed by atoms with E-state index in [1.807, 2.05) is 37.3 Å². The summed E-state index contributed by atoms with van der Waals surface area (Å²) in [5, 5.41) is 9.77. The Bertz CT molecular complexity index is 1460. The predicted molar refractivity (Wildman–Crippen MR) is 152 cm³/mol. The van der Waals surface area contributed by atoms with E-state index in [4.69, 9.17) is 18.9 Å². The smallest absolute Gasteiger partial charge is 0.348 e. The monoisotopic (exact) mass is 561 g/mol. The fraction of sp³-hybridized carbons (Fsp3) is 0.290. The molecule has 0 saturated heterocycles. The van der Waals surface area contributed by atoms with Gasteiger partial charge in [-0.15, -0.1) is 11.3 Å². The molecule has 0 bridgehead atoms. The molecule has 208 valence electrons. The Labute approximate surface area is 237 Å². The lowest BCUT2D eigenvalue weighted by Crippen LogP contribution is -2.12. The van der Waals surface area contributed by atoms with E-state index in [9.17, 15) is 19.6 Å². The fourth-order valence-electron chi connectivity index (χ4n) is 3.88. The van der Waals surface area contributed by atoms with Crippen molar-refractivity contribution in [1.29, 1.82) is 5.26 Å². The highest BCUT2D eigenvalue weighted by molar-refractivity contribution is 7.14.